The van der Waals surface area contributed by atoms with Crippen LogP contribution in [0.25, 0.3) is 11.1 Å². The number of rotatable bonds is 0. The largest absolute Gasteiger partial charge is 0.356 e. The minimum absolute atomic E-state index is 0.907. The minimum Gasteiger partial charge on any atom is -0.356 e. The molecule has 0 saturated carbocycles. The molecule has 0 aromatic carbocycles. The molecule has 1 aromatic heterocycles. The van der Waals surface area contributed by atoms with Gasteiger partial charge in [-0.3, -0.25) is 0 Å². The van der Waals surface area contributed by atoms with Crippen molar-refractivity contribution in [3.05, 3.63) is 16.8 Å². The van der Waals surface area contributed by atoms with E-state index in [-0.39, 0.29) is 0 Å². The van der Waals surface area contributed by atoms with Crippen LogP contribution >= 0.6 is 0 Å². The van der Waals surface area contributed by atoms with E-state index in [1.54, 1.807) is 6.20 Å². The van der Waals surface area contributed by atoms with Crippen LogP contribution in [0.5, 0.6) is 0 Å². The first-order valence-electron chi connectivity index (χ1n) is 3.68. The van der Waals surface area contributed by atoms with E-state index in [2.05, 4.69) is 19.0 Å². The molecule has 2 heteroatoms. The van der Waals surface area contributed by atoms with Gasteiger partial charge in [-0.2, -0.15) is 0 Å². The Morgan fingerprint density at radius 3 is 2.18 bits per heavy atom. The average Bonchev–Trinajstić information content (AvgIpc) is 2.32. The molecule has 2 nitrogen and oxygen atoms in total. The van der Waals surface area contributed by atoms with Crippen molar-refractivity contribution in [2.75, 3.05) is 0 Å². The summed E-state index contributed by atoms with van der Waals surface area (Å²) in [5.41, 5.74) is 3.31. The van der Waals surface area contributed by atoms with Crippen LogP contribution in [0, 0.1) is 0 Å². The van der Waals surface area contributed by atoms with Crippen LogP contribution in [-0.2, 0) is 0 Å². The van der Waals surface area contributed by atoms with Gasteiger partial charge < -0.3 is 4.52 Å². The summed E-state index contributed by atoms with van der Waals surface area (Å²) in [7, 11) is 0. The van der Waals surface area contributed by atoms with Crippen LogP contribution in [0.3, 0.4) is 0 Å². The molecule has 11 heavy (non-hydrogen) atoms. The Hall–Kier alpha value is -1.05. The van der Waals surface area contributed by atoms with Gasteiger partial charge in [0.25, 0.3) is 0 Å². The molecule has 1 aromatic rings. The summed E-state index contributed by atoms with van der Waals surface area (Å²) in [6.45, 7) is 8.15. The highest BCUT2D eigenvalue weighted by molar-refractivity contribution is 5.42. The van der Waals surface area contributed by atoms with Gasteiger partial charge in [0.15, 0.2) is 5.42 Å². The third-order valence-corrected chi connectivity index (χ3v) is 1.56. The number of hydrogen-bond donors (Lipinski definition) is 0. The molecule has 0 aliphatic heterocycles. The lowest BCUT2D eigenvalue weighted by Gasteiger charge is -1.84. The van der Waals surface area contributed by atoms with Gasteiger partial charge >= 0.3 is 0 Å². The summed E-state index contributed by atoms with van der Waals surface area (Å²) in [4.78, 5) is 0. The van der Waals surface area contributed by atoms with E-state index < -0.39 is 0 Å². The monoisotopic (exact) mass is 151 g/mol. The Labute approximate surface area is 66.2 Å². The summed E-state index contributed by atoms with van der Waals surface area (Å²) in [5, 5.41) is 4.86. The Morgan fingerprint density at radius 1 is 1.18 bits per heavy atom. The SMILES string of the molecule is CC(C)=c1cnoc1=C(C)C. The van der Waals surface area contributed by atoms with E-state index in [9.17, 15) is 0 Å². The van der Waals surface area contributed by atoms with Crippen LogP contribution in [0.4, 0.5) is 0 Å². The summed E-state index contributed by atoms with van der Waals surface area (Å²) in [5.74, 6) is 0. The predicted octanol–water partition coefficient (Wildman–Crippen LogP) is 1.06. The lowest BCUT2D eigenvalue weighted by Crippen LogP contribution is -2.22. The maximum atomic E-state index is 5.08. The molecule has 0 spiro atoms. The summed E-state index contributed by atoms with van der Waals surface area (Å²) in [6.07, 6.45) is 1.76. The van der Waals surface area contributed by atoms with E-state index in [1.165, 1.54) is 11.1 Å². The zero-order chi connectivity index (χ0) is 8.43. The third kappa shape index (κ3) is 1.50. The van der Waals surface area contributed by atoms with Gasteiger partial charge in [0.2, 0.25) is 0 Å². The number of aromatic nitrogens is 1. The quantitative estimate of drug-likeness (QED) is 0.554. The first-order valence-corrected chi connectivity index (χ1v) is 3.68. The molecule has 0 aliphatic rings. The highest BCUT2D eigenvalue weighted by atomic mass is 16.5. The van der Waals surface area contributed by atoms with Gasteiger partial charge in [-0.15, -0.1) is 0 Å². The van der Waals surface area contributed by atoms with Crippen molar-refractivity contribution < 1.29 is 4.52 Å². The van der Waals surface area contributed by atoms with E-state index in [0.717, 1.165) is 10.6 Å². The van der Waals surface area contributed by atoms with Crippen molar-refractivity contribution in [2.45, 2.75) is 27.7 Å². The van der Waals surface area contributed by atoms with Crippen molar-refractivity contribution in [2.24, 2.45) is 0 Å². The van der Waals surface area contributed by atoms with Crippen LogP contribution in [0.2, 0.25) is 0 Å². The number of nitrogens with zero attached hydrogens (tertiary/aromatic N) is 1. The summed E-state index contributed by atoms with van der Waals surface area (Å²) < 4.78 is 5.08. The van der Waals surface area contributed by atoms with E-state index in [1.807, 2.05) is 13.8 Å². The van der Waals surface area contributed by atoms with Crippen molar-refractivity contribution in [1.29, 1.82) is 0 Å². The minimum atomic E-state index is 0.907. The Bertz CT molecular complexity index is 317. The second-order valence-corrected chi connectivity index (χ2v) is 3.07. The fraction of sp³-hybridized carbons (Fsp3) is 0.444. The molecule has 0 atom stereocenters. The van der Waals surface area contributed by atoms with Crippen LogP contribution in [0.15, 0.2) is 10.7 Å². The van der Waals surface area contributed by atoms with Crippen molar-refractivity contribution in [3.8, 4) is 0 Å². The highest BCUT2D eigenvalue weighted by Gasteiger charge is 1.93. The maximum Gasteiger partial charge on any atom is 0.165 e. The molecule has 0 fully saturated rings. The summed E-state index contributed by atoms with van der Waals surface area (Å²) >= 11 is 0. The van der Waals surface area contributed by atoms with Gasteiger partial charge in [0, 0.05) is 5.22 Å². The van der Waals surface area contributed by atoms with Gasteiger partial charge in [-0.1, -0.05) is 10.7 Å². The Balaban J connectivity index is 3.68. The molecule has 1 rings (SSSR count). The average molecular weight is 151 g/mol. The van der Waals surface area contributed by atoms with Crippen molar-refractivity contribution in [1.82, 2.24) is 5.16 Å². The zero-order valence-corrected chi connectivity index (χ0v) is 7.43. The van der Waals surface area contributed by atoms with Crippen LogP contribution < -0.4 is 10.6 Å². The molecule has 0 N–H and O–H groups in total. The molecule has 0 bridgehead atoms. The smallest absolute Gasteiger partial charge is 0.165 e. The lowest BCUT2D eigenvalue weighted by molar-refractivity contribution is 0.391. The molecular weight excluding hydrogens is 138 g/mol. The molecule has 0 unspecified atom stereocenters. The first kappa shape index (κ1) is 8.05. The van der Waals surface area contributed by atoms with E-state index >= 15 is 0 Å². The summed E-state index contributed by atoms with van der Waals surface area (Å²) in [6, 6.07) is 0. The Kier molecular flexibility index (Phi) is 2.13. The van der Waals surface area contributed by atoms with Gasteiger partial charge in [-0.05, 0) is 33.3 Å². The molecule has 0 radical (unpaired) electrons. The van der Waals surface area contributed by atoms with E-state index in [0.29, 0.717) is 0 Å². The standard InChI is InChI=1S/C9H13NO/c1-6(2)8-5-10-11-9(8)7(3)4/h5H,1-4H3. The molecule has 1 heterocycles. The molecular formula is C9H13NO. The van der Waals surface area contributed by atoms with Gasteiger partial charge in [0.05, 0.1) is 6.20 Å². The zero-order valence-electron chi connectivity index (χ0n) is 7.43. The highest BCUT2D eigenvalue weighted by Crippen LogP contribution is 1.85. The fourth-order valence-corrected chi connectivity index (χ4v) is 0.956. The topological polar surface area (TPSA) is 26.0 Å². The lowest BCUT2D eigenvalue weighted by atomic mass is 10.2. The van der Waals surface area contributed by atoms with Gasteiger partial charge in [-0.25, -0.2) is 0 Å². The predicted molar refractivity (Wildman–Crippen MR) is 45.3 cm³/mol. The molecule has 0 aliphatic carbocycles. The first-order chi connectivity index (χ1) is 5.13. The second-order valence-electron chi connectivity index (χ2n) is 3.07. The third-order valence-electron chi connectivity index (χ3n) is 1.56. The fourth-order valence-electron chi connectivity index (χ4n) is 0.956. The second kappa shape index (κ2) is 2.91. The van der Waals surface area contributed by atoms with Crippen molar-refractivity contribution in [3.63, 3.8) is 0 Å². The normalized spacial score (nSPS) is 9.82. The van der Waals surface area contributed by atoms with Crippen molar-refractivity contribution >= 4 is 11.1 Å². The number of hydrogen-bond acceptors (Lipinski definition) is 2. The maximum absolute atomic E-state index is 5.08. The van der Waals surface area contributed by atoms with Gasteiger partial charge in [0.1, 0.15) is 0 Å². The van der Waals surface area contributed by atoms with E-state index in [4.69, 9.17) is 4.52 Å². The molecule has 0 saturated heterocycles. The van der Waals surface area contributed by atoms with Crippen LogP contribution in [0.1, 0.15) is 27.7 Å². The molecule has 0 amide bonds. The van der Waals surface area contributed by atoms with Crippen LogP contribution in [-0.4, -0.2) is 5.16 Å². The Morgan fingerprint density at radius 2 is 1.82 bits per heavy atom. The molecule has 60 valence electrons.